The van der Waals surface area contributed by atoms with Gasteiger partial charge in [0.05, 0.1) is 35.2 Å². The van der Waals surface area contributed by atoms with Gasteiger partial charge in [-0.2, -0.15) is 0 Å². The van der Waals surface area contributed by atoms with Crippen molar-refractivity contribution in [2.24, 2.45) is 0 Å². The minimum atomic E-state index is -0.987. The second-order valence-corrected chi connectivity index (χ2v) is 10.8. The van der Waals surface area contributed by atoms with Gasteiger partial charge >= 0.3 is 0 Å². The van der Waals surface area contributed by atoms with E-state index < -0.39 is 23.5 Å². The highest BCUT2D eigenvalue weighted by Crippen LogP contribution is 2.46. The molecule has 9 heteroatoms. The Morgan fingerprint density at radius 1 is 1.05 bits per heavy atom. The number of fused-ring (bicyclic) bond motifs is 1. The first-order valence-corrected chi connectivity index (χ1v) is 13.7. The van der Waals surface area contributed by atoms with Gasteiger partial charge in [0, 0.05) is 0 Å². The van der Waals surface area contributed by atoms with E-state index in [-0.39, 0.29) is 11.3 Å². The summed E-state index contributed by atoms with van der Waals surface area (Å²) in [5.74, 6) is -1.04. The number of aromatic nitrogens is 1. The predicted molar refractivity (Wildman–Crippen MR) is 156 cm³/mol. The summed E-state index contributed by atoms with van der Waals surface area (Å²) in [6.07, 6.45) is 1.37. The van der Waals surface area contributed by atoms with Gasteiger partial charge < -0.3 is 19.0 Å². The van der Waals surface area contributed by atoms with E-state index in [4.69, 9.17) is 18.9 Å². The molecular weight excluding hydrogens is 540 g/mol. The van der Waals surface area contributed by atoms with Gasteiger partial charge in [-0.1, -0.05) is 53.8 Å². The molecule has 0 saturated carbocycles. The zero-order valence-electron chi connectivity index (χ0n) is 22.6. The van der Waals surface area contributed by atoms with Crippen LogP contribution < -0.4 is 14.4 Å². The van der Waals surface area contributed by atoms with Crippen LogP contribution in [0.3, 0.4) is 0 Å². The number of ketones is 1. The van der Waals surface area contributed by atoms with Gasteiger partial charge in [0.25, 0.3) is 5.91 Å². The number of anilines is 1. The van der Waals surface area contributed by atoms with Crippen LogP contribution in [0.1, 0.15) is 38.9 Å². The van der Waals surface area contributed by atoms with E-state index in [1.165, 1.54) is 35.7 Å². The number of thiazole rings is 1. The van der Waals surface area contributed by atoms with Crippen LogP contribution in [-0.2, 0) is 11.4 Å². The minimum absolute atomic E-state index is 0.0109. The highest BCUT2D eigenvalue weighted by atomic mass is 32.1. The van der Waals surface area contributed by atoms with Gasteiger partial charge in [0.2, 0.25) is 5.78 Å². The Morgan fingerprint density at radius 3 is 2.59 bits per heavy atom. The second kappa shape index (κ2) is 10.6. The Kier molecular flexibility index (Phi) is 6.80. The molecule has 0 radical (unpaired) electrons. The highest BCUT2D eigenvalue weighted by Gasteiger charge is 2.46. The number of hydrogen-bond acceptors (Lipinski definition) is 8. The van der Waals surface area contributed by atoms with E-state index in [9.17, 15) is 14.7 Å². The van der Waals surface area contributed by atoms with Crippen molar-refractivity contribution < 1.29 is 28.6 Å². The number of nitrogens with zero attached hydrogens (tertiary/aromatic N) is 2. The van der Waals surface area contributed by atoms with Crippen molar-refractivity contribution >= 4 is 38.4 Å². The average molecular weight is 567 g/mol. The second-order valence-electron chi connectivity index (χ2n) is 9.76. The molecule has 41 heavy (non-hydrogen) atoms. The topological polar surface area (TPSA) is 102 Å². The lowest BCUT2D eigenvalue weighted by Gasteiger charge is -2.25. The van der Waals surface area contributed by atoms with Crippen LogP contribution >= 0.6 is 11.3 Å². The van der Waals surface area contributed by atoms with Crippen molar-refractivity contribution in [1.29, 1.82) is 0 Å². The number of aryl methyl sites for hydroxylation is 2. The molecule has 5 aromatic rings. The smallest absolute Gasteiger partial charge is 0.296 e. The van der Waals surface area contributed by atoms with E-state index >= 15 is 0 Å². The van der Waals surface area contributed by atoms with Crippen molar-refractivity contribution in [2.45, 2.75) is 26.5 Å². The lowest BCUT2D eigenvalue weighted by molar-refractivity contribution is -0.117. The number of carbonyl (C=O) groups excluding carboxylic acids is 2. The summed E-state index contributed by atoms with van der Waals surface area (Å²) < 4.78 is 17.9. The summed E-state index contributed by atoms with van der Waals surface area (Å²) in [7, 11) is 1.52. The molecule has 1 unspecified atom stereocenters. The summed E-state index contributed by atoms with van der Waals surface area (Å²) >= 11 is 1.32. The first-order valence-electron chi connectivity index (χ1n) is 12.9. The summed E-state index contributed by atoms with van der Waals surface area (Å²) in [6, 6.07) is 21.0. The fraction of sp³-hybridized carbons (Fsp3) is 0.156. The van der Waals surface area contributed by atoms with Crippen molar-refractivity contribution in [3.8, 4) is 11.5 Å². The van der Waals surface area contributed by atoms with Crippen LogP contribution in [0.25, 0.3) is 10.2 Å². The molecule has 0 saturated heterocycles. The number of furan rings is 1. The van der Waals surface area contributed by atoms with E-state index in [2.05, 4.69) is 0 Å². The molecule has 206 valence electrons. The number of aliphatic hydroxyl groups is 1. The Balaban J connectivity index is 1.45. The molecule has 0 bridgehead atoms. The maximum absolute atomic E-state index is 13.6. The molecule has 1 atom stereocenters. The Labute approximate surface area is 240 Å². The molecule has 0 spiro atoms. The van der Waals surface area contributed by atoms with Gasteiger partial charge in [-0.25, -0.2) is 4.98 Å². The maximum atomic E-state index is 13.6. The SMILES string of the molecule is COc1cc(C2C(C(=O)c3ccco3)=C(O)C(=O)N2c2nc3c(C)cc(C)cc3s2)ccc1OCc1ccccc1. The molecular formula is C32H26N2O6S. The zero-order valence-corrected chi connectivity index (χ0v) is 23.4. The van der Waals surface area contributed by atoms with E-state index in [0.717, 1.165) is 26.9 Å². The molecule has 1 amide bonds. The third-order valence-corrected chi connectivity index (χ3v) is 7.96. The normalized spacial score (nSPS) is 15.1. The van der Waals surface area contributed by atoms with Gasteiger partial charge in [-0.3, -0.25) is 14.5 Å². The van der Waals surface area contributed by atoms with E-state index in [1.54, 1.807) is 24.3 Å². The van der Waals surface area contributed by atoms with Crippen LogP contribution in [0.4, 0.5) is 5.13 Å². The van der Waals surface area contributed by atoms with Crippen molar-refractivity contribution in [3.05, 3.63) is 118 Å². The van der Waals surface area contributed by atoms with Crippen molar-refractivity contribution in [2.75, 3.05) is 12.0 Å². The summed E-state index contributed by atoms with van der Waals surface area (Å²) in [5, 5.41) is 11.5. The third-order valence-electron chi connectivity index (χ3n) is 6.96. The maximum Gasteiger partial charge on any atom is 0.296 e. The van der Waals surface area contributed by atoms with Crippen LogP contribution in [-0.4, -0.2) is 28.9 Å². The van der Waals surface area contributed by atoms with Crippen LogP contribution in [0.15, 0.2) is 94.8 Å². The molecule has 0 fully saturated rings. The number of carbonyl (C=O) groups is 2. The fourth-order valence-electron chi connectivity index (χ4n) is 5.06. The summed E-state index contributed by atoms with van der Waals surface area (Å²) in [5.41, 5.74) is 4.23. The molecule has 8 nitrogen and oxygen atoms in total. The number of ether oxygens (including phenoxy) is 2. The number of aliphatic hydroxyl groups excluding tert-OH is 1. The molecule has 2 aromatic heterocycles. The zero-order chi connectivity index (χ0) is 28.7. The summed E-state index contributed by atoms with van der Waals surface area (Å²) in [6.45, 7) is 4.29. The molecule has 6 rings (SSSR count). The van der Waals surface area contributed by atoms with Crippen molar-refractivity contribution in [3.63, 3.8) is 0 Å². The first kappa shape index (κ1) is 26.3. The van der Waals surface area contributed by atoms with Gasteiger partial charge in [0.1, 0.15) is 6.61 Å². The molecule has 1 aliphatic heterocycles. The Morgan fingerprint density at radius 2 is 1.85 bits per heavy atom. The number of rotatable bonds is 8. The number of Topliss-reactive ketones (excluding diaryl/α,β-unsaturated/α-hetero) is 1. The monoisotopic (exact) mass is 566 g/mol. The summed E-state index contributed by atoms with van der Waals surface area (Å²) in [4.78, 5) is 33.4. The molecule has 3 aromatic carbocycles. The quantitative estimate of drug-likeness (QED) is 0.204. The molecule has 1 aliphatic rings. The largest absolute Gasteiger partial charge is 0.503 e. The first-order chi connectivity index (χ1) is 19.9. The average Bonchev–Trinajstić information content (AvgIpc) is 3.71. The van der Waals surface area contributed by atoms with Gasteiger partial charge in [-0.05, 0) is 66.4 Å². The van der Waals surface area contributed by atoms with Gasteiger partial charge in [0.15, 0.2) is 28.1 Å². The van der Waals surface area contributed by atoms with Gasteiger partial charge in [-0.15, -0.1) is 0 Å². The molecule has 1 N–H and O–H groups in total. The predicted octanol–water partition coefficient (Wildman–Crippen LogP) is 6.88. The number of amides is 1. The number of methoxy groups -OCH3 is 1. The van der Waals surface area contributed by atoms with E-state index in [0.29, 0.717) is 28.8 Å². The Bertz CT molecular complexity index is 1810. The highest BCUT2D eigenvalue weighted by molar-refractivity contribution is 7.22. The number of benzene rings is 3. The van der Waals surface area contributed by atoms with E-state index in [1.807, 2.05) is 56.3 Å². The third kappa shape index (κ3) is 4.74. The van der Waals surface area contributed by atoms with Crippen LogP contribution in [0, 0.1) is 13.8 Å². The standard InChI is InChI=1S/C32H26N2O6S/c1-18-14-19(2)27-25(15-18)41-32(33-27)34-28(26(30(36)31(34)37)29(35)23-10-7-13-39-23)21-11-12-22(24(16-21)38-3)40-17-20-8-5-4-6-9-20/h4-16,28,36H,17H2,1-3H3. The van der Waals surface area contributed by atoms with Crippen LogP contribution in [0.5, 0.6) is 11.5 Å². The van der Waals surface area contributed by atoms with Crippen molar-refractivity contribution in [1.82, 2.24) is 4.98 Å². The molecule has 0 aliphatic carbocycles. The minimum Gasteiger partial charge on any atom is -0.503 e. The lowest BCUT2D eigenvalue weighted by atomic mass is 9.95. The number of hydrogen-bond donors (Lipinski definition) is 1. The lowest BCUT2D eigenvalue weighted by Crippen LogP contribution is -2.31. The van der Waals surface area contributed by atoms with Crippen LogP contribution in [0.2, 0.25) is 0 Å². The fourth-order valence-corrected chi connectivity index (χ4v) is 6.23. The Hall–Kier alpha value is -4.89. The molecule has 3 heterocycles.